The highest BCUT2D eigenvalue weighted by molar-refractivity contribution is 7.16. The summed E-state index contributed by atoms with van der Waals surface area (Å²) in [4.78, 5) is 24.1. The van der Waals surface area contributed by atoms with E-state index in [2.05, 4.69) is 12.2 Å². The van der Waals surface area contributed by atoms with Crippen LogP contribution in [0.3, 0.4) is 0 Å². The van der Waals surface area contributed by atoms with Crippen molar-refractivity contribution in [2.24, 2.45) is 4.99 Å². The maximum absolute atomic E-state index is 13.6. The third-order valence-corrected chi connectivity index (χ3v) is 7.71. The minimum Gasteiger partial charge on any atom is -0.438 e. The number of amides is 1. The van der Waals surface area contributed by atoms with Gasteiger partial charge in [0.05, 0.1) is 11.4 Å². The topological polar surface area (TPSA) is 67.5 Å². The highest BCUT2D eigenvalue weighted by Gasteiger charge is 2.18. The lowest BCUT2D eigenvalue weighted by Gasteiger charge is -2.07. The summed E-state index contributed by atoms with van der Waals surface area (Å²) in [6, 6.07) is 20.4. The zero-order valence-electron chi connectivity index (χ0n) is 20.4. The molecular formula is C29H23Cl2N3O2S. The van der Waals surface area contributed by atoms with E-state index in [-0.39, 0.29) is 17.0 Å². The van der Waals surface area contributed by atoms with Crippen molar-refractivity contribution >= 4 is 62.2 Å². The first-order chi connectivity index (χ1) is 17.8. The summed E-state index contributed by atoms with van der Waals surface area (Å²) < 4.78 is 6.12. The molecule has 37 heavy (non-hydrogen) atoms. The summed E-state index contributed by atoms with van der Waals surface area (Å²) >= 11 is 13.7. The molecule has 0 radical (unpaired) electrons. The van der Waals surface area contributed by atoms with Crippen molar-refractivity contribution in [1.29, 1.82) is 0 Å². The van der Waals surface area contributed by atoms with Crippen molar-refractivity contribution in [2.75, 3.05) is 5.32 Å². The minimum atomic E-state index is -0.367. The van der Waals surface area contributed by atoms with Crippen molar-refractivity contribution in [3.8, 4) is 11.3 Å². The summed E-state index contributed by atoms with van der Waals surface area (Å²) in [5.74, 6) is -0.367. The molecule has 0 saturated carbocycles. The SMILES string of the molecule is CCc1sc(NC(=O)c2cc3cc(Cl)ccc3oc2=Nc2cccc(C)c2C)nc1-c1ccc(Cl)cc1. The van der Waals surface area contributed by atoms with Crippen molar-refractivity contribution < 1.29 is 9.21 Å². The van der Waals surface area contributed by atoms with Gasteiger partial charge >= 0.3 is 0 Å². The maximum Gasteiger partial charge on any atom is 0.262 e. The fraction of sp³-hybridized carbons (Fsp3) is 0.138. The van der Waals surface area contributed by atoms with Gasteiger partial charge in [0.25, 0.3) is 5.91 Å². The second kappa shape index (κ2) is 10.5. The van der Waals surface area contributed by atoms with E-state index in [0.29, 0.717) is 26.1 Å². The van der Waals surface area contributed by atoms with Crippen LogP contribution in [0, 0.1) is 13.8 Å². The Labute approximate surface area is 228 Å². The molecule has 1 amide bonds. The molecule has 0 aliphatic heterocycles. The summed E-state index contributed by atoms with van der Waals surface area (Å²) in [5.41, 5.74) is 5.71. The Morgan fingerprint density at radius 3 is 2.54 bits per heavy atom. The number of hydrogen-bond acceptors (Lipinski definition) is 5. The van der Waals surface area contributed by atoms with Gasteiger partial charge in [-0.05, 0) is 73.9 Å². The van der Waals surface area contributed by atoms with Gasteiger partial charge in [0.1, 0.15) is 11.1 Å². The highest BCUT2D eigenvalue weighted by Crippen LogP contribution is 2.32. The summed E-state index contributed by atoms with van der Waals surface area (Å²) in [7, 11) is 0. The first-order valence-electron chi connectivity index (χ1n) is 11.7. The molecular weight excluding hydrogens is 525 g/mol. The molecule has 8 heteroatoms. The molecule has 5 aromatic rings. The van der Waals surface area contributed by atoms with Crippen LogP contribution in [0.1, 0.15) is 33.3 Å². The quantitative estimate of drug-likeness (QED) is 0.239. The predicted octanol–water partition coefficient (Wildman–Crippen LogP) is 8.53. The second-order valence-corrected chi connectivity index (χ2v) is 10.5. The van der Waals surface area contributed by atoms with Gasteiger partial charge in [-0.15, -0.1) is 11.3 Å². The number of benzene rings is 3. The molecule has 5 nitrogen and oxygen atoms in total. The van der Waals surface area contributed by atoms with Gasteiger partial charge in [-0.25, -0.2) is 9.98 Å². The van der Waals surface area contributed by atoms with Crippen LogP contribution in [0.4, 0.5) is 10.8 Å². The lowest BCUT2D eigenvalue weighted by Crippen LogP contribution is -2.21. The number of anilines is 1. The molecule has 0 saturated heterocycles. The van der Waals surface area contributed by atoms with Gasteiger partial charge in [-0.3, -0.25) is 10.1 Å². The summed E-state index contributed by atoms with van der Waals surface area (Å²) in [6.45, 7) is 6.08. The molecule has 0 aliphatic carbocycles. The lowest BCUT2D eigenvalue weighted by atomic mass is 10.1. The molecule has 0 spiro atoms. The number of thiazole rings is 1. The lowest BCUT2D eigenvalue weighted by molar-refractivity contribution is 0.102. The molecule has 2 heterocycles. The van der Waals surface area contributed by atoms with E-state index in [1.807, 2.05) is 56.3 Å². The van der Waals surface area contributed by atoms with Crippen LogP contribution in [0.2, 0.25) is 10.0 Å². The van der Waals surface area contributed by atoms with Crippen LogP contribution < -0.4 is 10.9 Å². The molecule has 0 unspecified atom stereocenters. The molecule has 186 valence electrons. The van der Waals surface area contributed by atoms with Crippen LogP contribution in [0.25, 0.3) is 22.2 Å². The third kappa shape index (κ3) is 5.32. The number of halogens is 2. The summed E-state index contributed by atoms with van der Waals surface area (Å²) in [6.07, 6.45) is 0.780. The Bertz CT molecular complexity index is 1710. The van der Waals surface area contributed by atoms with Crippen LogP contribution in [-0.2, 0) is 6.42 Å². The van der Waals surface area contributed by atoms with Gasteiger partial charge in [0.2, 0.25) is 5.55 Å². The summed E-state index contributed by atoms with van der Waals surface area (Å²) in [5, 5.41) is 5.36. The Hall–Kier alpha value is -3.45. The zero-order valence-corrected chi connectivity index (χ0v) is 22.8. The normalized spacial score (nSPS) is 11.8. The Morgan fingerprint density at radius 1 is 1.03 bits per heavy atom. The molecule has 0 fully saturated rings. The highest BCUT2D eigenvalue weighted by atomic mass is 35.5. The van der Waals surface area contributed by atoms with E-state index in [1.165, 1.54) is 11.3 Å². The average Bonchev–Trinajstić information content (AvgIpc) is 3.29. The largest absolute Gasteiger partial charge is 0.438 e. The number of rotatable bonds is 5. The fourth-order valence-electron chi connectivity index (χ4n) is 3.96. The number of aryl methyl sites for hydroxylation is 2. The van der Waals surface area contributed by atoms with E-state index >= 15 is 0 Å². The predicted molar refractivity (Wildman–Crippen MR) is 152 cm³/mol. The molecule has 3 aromatic carbocycles. The van der Waals surface area contributed by atoms with E-state index < -0.39 is 0 Å². The molecule has 0 bridgehead atoms. The Morgan fingerprint density at radius 2 is 1.78 bits per heavy atom. The van der Waals surface area contributed by atoms with Crippen LogP contribution in [-0.4, -0.2) is 10.9 Å². The standard InChI is InChI=1S/C29H23Cl2N3O2S/c1-4-25-26(18-8-10-20(30)11-9-18)33-29(37-25)34-27(35)22-15-19-14-21(31)12-13-24(19)36-28(22)32-23-7-5-6-16(2)17(23)3/h5-15H,4H2,1-3H3,(H,33,34,35). The molecule has 1 N–H and O–H groups in total. The fourth-order valence-corrected chi connectivity index (χ4v) is 5.18. The van der Waals surface area contributed by atoms with Crippen molar-refractivity contribution in [1.82, 2.24) is 4.98 Å². The average molecular weight is 548 g/mol. The van der Waals surface area contributed by atoms with Crippen LogP contribution >= 0.6 is 34.5 Å². The van der Waals surface area contributed by atoms with Crippen LogP contribution in [0.15, 0.2) is 76.1 Å². The number of nitrogens with zero attached hydrogens (tertiary/aromatic N) is 2. The van der Waals surface area contributed by atoms with Gasteiger partial charge in [-0.1, -0.05) is 54.4 Å². The second-order valence-electron chi connectivity index (χ2n) is 8.58. The number of hydrogen-bond donors (Lipinski definition) is 1. The van der Waals surface area contributed by atoms with Gasteiger partial charge in [0.15, 0.2) is 5.13 Å². The molecule has 5 rings (SSSR count). The van der Waals surface area contributed by atoms with Crippen molar-refractivity contribution in [2.45, 2.75) is 27.2 Å². The molecule has 2 aromatic heterocycles. The van der Waals surface area contributed by atoms with Crippen LogP contribution in [0.5, 0.6) is 0 Å². The third-order valence-electron chi connectivity index (χ3n) is 6.11. The van der Waals surface area contributed by atoms with E-state index in [4.69, 9.17) is 37.6 Å². The first-order valence-corrected chi connectivity index (χ1v) is 13.3. The Balaban J connectivity index is 1.59. The Kier molecular flexibility index (Phi) is 7.15. The molecule has 0 atom stereocenters. The smallest absolute Gasteiger partial charge is 0.262 e. The molecule has 0 aliphatic rings. The van der Waals surface area contributed by atoms with E-state index in [1.54, 1.807) is 24.3 Å². The van der Waals surface area contributed by atoms with Gasteiger partial charge < -0.3 is 4.42 Å². The maximum atomic E-state index is 13.6. The van der Waals surface area contributed by atoms with Gasteiger partial charge in [0, 0.05) is 25.9 Å². The van der Waals surface area contributed by atoms with E-state index in [0.717, 1.165) is 39.4 Å². The van der Waals surface area contributed by atoms with Crippen molar-refractivity contribution in [3.63, 3.8) is 0 Å². The van der Waals surface area contributed by atoms with Gasteiger partial charge in [-0.2, -0.15) is 0 Å². The number of carbonyl (C=O) groups is 1. The van der Waals surface area contributed by atoms with E-state index in [9.17, 15) is 4.79 Å². The monoisotopic (exact) mass is 547 g/mol. The number of fused-ring (bicyclic) bond motifs is 1. The minimum absolute atomic E-state index is 0.214. The first kappa shape index (κ1) is 25.2. The zero-order chi connectivity index (χ0) is 26.1. The van der Waals surface area contributed by atoms with Crippen molar-refractivity contribution in [3.05, 3.63) is 104 Å². The number of carbonyl (C=O) groups excluding carboxylic acids is 1. The number of nitrogens with one attached hydrogen (secondary N) is 1. The number of aromatic nitrogens is 1.